The van der Waals surface area contributed by atoms with Gasteiger partial charge in [0.05, 0.1) is 43.1 Å². The number of nitrogens with one attached hydrogen (secondary N) is 4. The number of ether oxygens (including phenoxy) is 4. The van der Waals surface area contributed by atoms with Gasteiger partial charge in [0.15, 0.2) is 0 Å². The van der Waals surface area contributed by atoms with Crippen LogP contribution in [0.5, 0.6) is 23.0 Å². The maximum atomic E-state index is 13.7. The van der Waals surface area contributed by atoms with Gasteiger partial charge in [-0.3, -0.25) is 9.69 Å². The molecule has 0 bridgehead atoms. The zero-order valence-electron chi connectivity index (χ0n) is 57.3. The minimum Gasteiger partial charge on any atom is -0.495 e. The van der Waals surface area contributed by atoms with Crippen molar-refractivity contribution < 1.29 is 96.7 Å². The molecule has 10 heterocycles. The second-order valence-corrected chi connectivity index (χ2v) is 31.6. The molecule has 0 amide bonds. The summed E-state index contributed by atoms with van der Waals surface area (Å²) < 4.78 is 62.9. The molecule has 7 aromatic heterocycles. The largest absolute Gasteiger partial charge is 0.495 e. The standard InChI is InChI=1S/C24H29FN2O2S.C24H27FN2OS.C14H14FNO.C10H15NO2S.C5H5BrOS.CH4.Ac.H2O/c1-29-22-8-13-30-23(22)24(28)9-11-27(12-10-24)18-5-2-16(3-6-18)20-15-26-21-7-4-17(25)14-19(20)21;1-28-23-10-13-29-24(23)17-8-11-27(12-9-17)19-5-2-16(3-6-19)21-15-26-22-7-4-18(25)14-20(21)22;15-10-3-6-14-12(7-10)13(8-16-14)9-1-4-11(17)5-2-9;1-13-8-2-7-14-9(8)10(12)3-5-11-6-4-10;1-7-4-2-3-8-5(4)6;;;/h4,7-8,13-16,18,26,28H,2-3,5-6,9-12H2,1H3;4,7-8,10,13-16,19,26H,2-3,5-6,9,11-12H2,1H3;3,6-9,16H,1-2,4-5H2;2,7,11-12H,3-6H2,1H3;2-3H,1H3;1H4;;1H2. The summed E-state index contributed by atoms with van der Waals surface area (Å²) >= 11 is 9.89. The summed E-state index contributed by atoms with van der Waals surface area (Å²) in [5, 5.41) is 36.0. The quantitative estimate of drug-likeness (QED) is 0.0686. The van der Waals surface area contributed by atoms with Crippen LogP contribution < -0.4 is 24.3 Å². The number of ketones is 1. The van der Waals surface area contributed by atoms with E-state index in [0.717, 1.165) is 185 Å². The van der Waals surface area contributed by atoms with E-state index in [1.165, 1.54) is 65.5 Å². The molecule has 3 aliphatic heterocycles. The Morgan fingerprint density at radius 3 is 1.33 bits per heavy atom. The summed E-state index contributed by atoms with van der Waals surface area (Å²) in [5.41, 5.74) is 6.75. The van der Waals surface area contributed by atoms with Crippen LogP contribution in [0.1, 0.15) is 166 Å². The zero-order valence-corrected chi connectivity index (χ0v) is 66.9. The molecule has 16 rings (SSSR count). The van der Waals surface area contributed by atoms with E-state index in [0.29, 0.717) is 48.5 Å². The summed E-state index contributed by atoms with van der Waals surface area (Å²) in [4.78, 5) is 29.5. The van der Waals surface area contributed by atoms with Crippen molar-refractivity contribution in [3.63, 3.8) is 0 Å². The first-order valence-corrected chi connectivity index (χ1v) is 38.7. The number of H-pyrrole nitrogens is 3. The minimum absolute atomic E-state index is 0. The van der Waals surface area contributed by atoms with E-state index in [4.69, 9.17) is 18.9 Å². The monoisotopic (exact) mass is 1740 g/mol. The molecule has 3 saturated carbocycles. The third kappa shape index (κ3) is 19.2. The van der Waals surface area contributed by atoms with Gasteiger partial charge in [0.2, 0.25) is 0 Å². The Morgan fingerprint density at radius 1 is 0.505 bits per heavy atom. The number of nitrogens with zero attached hydrogens (tertiary/aromatic N) is 2. The van der Waals surface area contributed by atoms with Crippen LogP contribution in [0.4, 0.5) is 13.2 Å². The molecule has 0 unspecified atom stereocenters. The molecule has 3 aliphatic carbocycles. The van der Waals surface area contributed by atoms with E-state index in [2.05, 4.69) is 75.9 Å². The maximum absolute atomic E-state index is 13.7. The van der Waals surface area contributed by atoms with Crippen LogP contribution in [-0.4, -0.2) is 126 Å². The number of aromatic amines is 3. The van der Waals surface area contributed by atoms with Crippen molar-refractivity contribution in [2.75, 3.05) is 67.7 Å². The van der Waals surface area contributed by atoms with E-state index in [1.54, 1.807) is 98.1 Å². The number of methoxy groups -OCH3 is 4. The van der Waals surface area contributed by atoms with Crippen LogP contribution in [0.3, 0.4) is 0 Å². The zero-order chi connectivity index (χ0) is 68.3. The Hall–Kier alpha value is -4.84. The molecule has 8 N–H and O–H groups in total. The molecule has 541 valence electrons. The van der Waals surface area contributed by atoms with Gasteiger partial charge in [-0.25, -0.2) is 13.2 Å². The molecule has 6 aliphatic rings. The van der Waals surface area contributed by atoms with Crippen molar-refractivity contribution in [2.24, 2.45) is 0 Å². The molecular formula is C78H96AcBrF3N6O8S4. The van der Waals surface area contributed by atoms with Gasteiger partial charge < -0.3 is 59.8 Å². The first-order valence-electron chi connectivity index (χ1n) is 34.4. The fourth-order valence-electron chi connectivity index (χ4n) is 15.6. The number of likely N-dealkylation sites (tertiary alicyclic amines) is 1. The third-order valence-corrected chi connectivity index (χ3v) is 25.9. The molecule has 2 saturated heterocycles. The maximum Gasteiger partial charge on any atom is 0.143 e. The topological polar surface area (TPSA) is 192 Å². The molecule has 1 radical (unpaired) electrons. The Morgan fingerprint density at radius 2 is 0.911 bits per heavy atom. The molecule has 14 nitrogen and oxygen atoms in total. The first-order chi connectivity index (χ1) is 47.6. The number of hydrogen-bond donors (Lipinski definition) is 6. The van der Waals surface area contributed by atoms with Crippen molar-refractivity contribution in [1.29, 1.82) is 0 Å². The van der Waals surface area contributed by atoms with Gasteiger partial charge in [0, 0.05) is 146 Å². The molecular weight excluding hydrogens is 1640 g/mol. The smallest absolute Gasteiger partial charge is 0.143 e. The van der Waals surface area contributed by atoms with E-state index < -0.39 is 11.2 Å². The normalized spacial score (nSPS) is 20.7. The number of aromatic nitrogens is 3. The van der Waals surface area contributed by atoms with Crippen LogP contribution >= 0.6 is 61.3 Å². The Balaban J connectivity index is 0.000000155. The number of carbonyl (C=O) groups is 1. The first kappa shape index (κ1) is 80.3. The Kier molecular flexibility index (Phi) is 29.7. The summed E-state index contributed by atoms with van der Waals surface area (Å²) in [6.07, 6.45) is 25.2. The number of aliphatic hydroxyl groups is 2. The van der Waals surface area contributed by atoms with Crippen molar-refractivity contribution in [2.45, 2.75) is 158 Å². The van der Waals surface area contributed by atoms with E-state index in [9.17, 15) is 28.2 Å². The van der Waals surface area contributed by atoms with Gasteiger partial charge in [-0.15, -0.1) is 45.3 Å². The summed E-state index contributed by atoms with van der Waals surface area (Å²) in [7, 11) is 6.73. The van der Waals surface area contributed by atoms with Gasteiger partial charge in [-0.1, -0.05) is 13.5 Å². The van der Waals surface area contributed by atoms with Crippen molar-refractivity contribution in [3.8, 4) is 23.0 Å². The van der Waals surface area contributed by atoms with Crippen LogP contribution in [0, 0.1) is 61.5 Å². The third-order valence-electron chi connectivity index (χ3n) is 21.1. The molecule has 23 heteroatoms. The minimum atomic E-state index is -0.763. The average molecular weight is 1740 g/mol. The van der Waals surface area contributed by atoms with Crippen molar-refractivity contribution in [1.82, 2.24) is 30.1 Å². The van der Waals surface area contributed by atoms with Gasteiger partial charge in [-0.2, -0.15) is 0 Å². The second-order valence-electron chi connectivity index (χ2n) is 26.7. The van der Waals surface area contributed by atoms with Crippen LogP contribution in [0.2, 0.25) is 0 Å². The fraction of sp³-hybridized carbons (Fsp3) is 0.449. The molecule has 101 heavy (non-hydrogen) atoms. The Bertz CT molecular complexity index is 4260. The Labute approximate surface area is 651 Å². The van der Waals surface area contributed by atoms with E-state index in [-0.39, 0.29) is 74.4 Å². The second kappa shape index (κ2) is 37.4. The number of halogens is 4. The molecule has 10 aromatic rings. The SMILES string of the molecule is C.COc1ccsc1Br.COc1ccsc1C1(O)CCN(C2CCC(c3c[nH]c4ccc(F)cc34)CC2)CC1.COc1ccsc1C1(O)CCNCC1.COc1ccsc1C1=CCN(C2CCC(c3c[nH]c4ccc(F)cc34)CC2)CC1.O.O=C1CCC(c2c[nH]c3ccc(F)cc23)CC1.[Ac]. The molecule has 0 atom stereocenters. The van der Waals surface area contributed by atoms with E-state index >= 15 is 0 Å². The number of piperidine rings is 2. The molecule has 5 fully saturated rings. The van der Waals surface area contributed by atoms with Crippen LogP contribution in [-0.2, 0) is 16.0 Å². The average Bonchev–Trinajstić information content (AvgIpc) is 1.74. The number of rotatable bonds is 12. The summed E-state index contributed by atoms with van der Waals surface area (Å²) in [5.74, 6) is 4.81. The van der Waals surface area contributed by atoms with Gasteiger partial charge in [-0.05, 0) is 266 Å². The van der Waals surface area contributed by atoms with Crippen LogP contribution in [0.25, 0.3) is 38.3 Å². The van der Waals surface area contributed by atoms with Crippen molar-refractivity contribution in [3.05, 3.63) is 178 Å². The van der Waals surface area contributed by atoms with Gasteiger partial charge in [0.25, 0.3) is 0 Å². The number of carbonyl (C=O) groups excluding carboxylic acids is 1. The van der Waals surface area contributed by atoms with E-state index in [1.807, 2.05) is 52.7 Å². The molecule has 0 spiro atoms. The van der Waals surface area contributed by atoms with Crippen molar-refractivity contribution >= 4 is 105 Å². The van der Waals surface area contributed by atoms with Crippen LogP contribution in [0.15, 0.2) is 129 Å². The number of thiophene rings is 4. The fourth-order valence-corrected chi connectivity index (χ4v) is 19.8. The molecule has 3 aromatic carbocycles. The summed E-state index contributed by atoms with van der Waals surface area (Å²) in [6, 6.07) is 24.0. The number of hydrogen-bond acceptors (Lipinski definition) is 14. The predicted molar refractivity (Wildman–Crippen MR) is 407 cm³/mol. The number of benzene rings is 3. The van der Waals surface area contributed by atoms with Gasteiger partial charge >= 0.3 is 0 Å². The predicted octanol–water partition coefficient (Wildman–Crippen LogP) is 18.8. The number of Topliss-reactive ketones (excluding diaryl/α,β-unsaturated/α-hetero) is 1. The van der Waals surface area contributed by atoms with Gasteiger partial charge in [0.1, 0.15) is 61.2 Å². The number of fused-ring (bicyclic) bond motifs is 3. The summed E-state index contributed by atoms with van der Waals surface area (Å²) in [6.45, 7) is 5.75.